The van der Waals surface area contributed by atoms with Gasteiger partial charge in [0, 0.05) is 24.3 Å². The van der Waals surface area contributed by atoms with Crippen LogP contribution in [0, 0.1) is 0 Å². The van der Waals surface area contributed by atoms with Crippen molar-refractivity contribution < 1.29 is 19.1 Å². The Hall–Kier alpha value is -3.44. The van der Waals surface area contributed by atoms with Crippen LogP contribution in [-0.4, -0.2) is 25.1 Å². The smallest absolute Gasteiger partial charge is 0.311 e. The Morgan fingerprint density at radius 2 is 1.43 bits per heavy atom. The third-order valence-electron chi connectivity index (χ3n) is 4.43. The highest BCUT2D eigenvalue weighted by Crippen LogP contribution is 2.17. The maximum atomic E-state index is 12.1. The molecule has 0 radical (unpaired) electrons. The molecule has 0 saturated carbocycles. The molecule has 3 rings (SSSR count). The van der Waals surface area contributed by atoms with Gasteiger partial charge in [0.25, 0.3) is 5.91 Å². The minimum Gasteiger partial charge on any atom is -0.427 e. The van der Waals surface area contributed by atoms with Crippen molar-refractivity contribution in [2.24, 2.45) is 0 Å². The Balaban J connectivity index is 1.32. The fourth-order valence-electron chi connectivity index (χ4n) is 2.84. The predicted octanol–water partition coefficient (Wildman–Crippen LogP) is 4.88. The van der Waals surface area contributed by atoms with E-state index in [0.29, 0.717) is 36.6 Å². The van der Waals surface area contributed by atoms with Crippen LogP contribution in [0.3, 0.4) is 0 Å². The van der Waals surface area contributed by atoms with E-state index in [4.69, 9.17) is 9.47 Å². The monoisotopic (exact) mass is 403 g/mol. The lowest BCUT2D eigenvalue weighted by molar-refractivity contribution is -0.134. The van der Waals surface area contributed by atoms with Crippen LogP contribution >= 0.6 is 0 Å². The Morgan fingerprint density at radius 1 is 0.767 bits per heavy atom. The molecule has 0 bridgehead atoms. The summed E-state index contributed by atoms with van der Waals surface area (Å²) in [6.07, 6.45) is 1.76. The van der Waals surface area contributed by atoms with E-state index in [1.807, 2.05) is 36.4 Å². The number of amides is 1. The minimum absolute atomic E-state index is 0.187. The van der Waals surface area contributed by atoms with Crippen LogP contribution in [0.2, 0.25) is 0 Å². The number of carbonyl (C=O) groups excluding carboxylic acids is 2. The fourth-order valence-corrected chi connectivity index (χ4v) is 2.84. The SMILES string of the molecule is O=C(CCCOCCc1ccccc1)Oc1ccc(NC(=O)c2ccccc2)cc1. The van der Waals surface area contributed by atoms with Gasteiger partial charge in [-0.2, -0.15) is 0 Å². The summed E-state index contributed by atoms with van der Waals surface area (Å²) in [6.45, 7) is 1.15. The molecular weight excluding hydrogens is 378 g/mol. The molecule has 5 heteroatoms. The lowest BCUT2D eigenvalue weighted by atomic mass is 10.2. The third-order valence-corrected chi connectivity index (χ3v) is 4.43. The molecule has 3 aromatic rings. The summed E-state index contributed by atoms with van der Waals surface area (Å²) in [4.78, 5) is 24.1. The highest BCUT2D eigenvalue weighted by atomic mass is 16.5. The Morgan fingerprint density at radius 3 is 2.13 bits per heavy atom. The lowest BCUT2D eigenvalue weighted by Crippen LogP contribution is -2.12. The fraction of sp³-hybridized carbons (Fsp3) is 0.200. The number of benzene rings is 3. The number of anilines is 1. The van der Waals surface area contributed by atoms with E-state index in [9.17, 15) is 9.59 Å². The van der Waals surface area contributed by atoms with Gasteiger partial charge < -0.3 is 14.8 Å². The van der Waals surface area contributed by atoms with Gasteiger partial charge in [-0.05, 0) is 54.8 Å². The van der Waals surface area contributed by atoms with Crippen LogP contribution in [0.1, 0.15) is 28.8 Å². The summed E-state index contributed by atoms with van der Waals surface area (Å²) < 4.78 is 10.9. The summed E-state index contributed by atoms with van der Waals surface area (Å²) in [5.41, 5.74) is 2.45. The van der Waals surface area contributed by atoms with Gasteiger partial charge in [-0.1, -0.05) is 48.5 Å². The topological polar surface area (TPSA) is 64.6 Å². The van der Waals surface area contributed by atoms with Crippen LogP contribution in [0.25, 0.3) is 0 Å². The Labute approximate surface area is 176 Å². The number of carbonyl (C=O) groups is 2. The van der Waals surface area contributed by atoms with Crippen LogP contribution in [-0.2, 0) is 16.0 Å². The number of hydrogen-bond donors (Lipinski definition) is 1. The van der Waals surface area contributed by atoms with E-state index in [1.54, 1.807) is 36.4 Å². The van der Waals surface area contributed by atoms with Crippen molar-refractivity contribution in [3.63, 3.8) is 0 Å². The number of ether oxygens (including phenoxy) is 2. The van der Waals surface area contributed by atoms with Crippen LogP contribution in [0.5, 0.6) is 5.75 Å². The summed E-state index contributed by atoms with van der Waals surface area (Å²) in [5.74, 6) is -0.0435. The number of hydrogen-bond acceptors (Lipinski definition) is 4. The van der Waals surface area contributed by atoms with E-state index >= 15 is 0 Å². The first-order chi connectivity index (χ1) is 14.7. The van der Waals surface area contributed by atoms with Crippen molar-refractivity contribution in [3.05, 3.63) is 96.1 Å². The largest absolute Gasteiger partial charge is 0.427 e. The van der Waals surface area contributed by atoms with Gasteiger partial charge in [0.2, 0.25) is 0 Å². The first kappa shape index (κ1) is 21.3. The molecule has 0 aliphatic carbocycles. The van der Waals surface area contributed by atoms with Crippen LogP contribution in [0.15, 0.2) is 84.9 Å². The molecule has 30 heavy (non-hydrogen) atoms. The molecule has 0 heterocycles. The zero-order valence-electron chi connectivity index (χ0n) is 16.8. The van der Waals surface area contributed by atoms with Crippen molar-refractivity contribution in [2.75, 3.05) is 18.5 Å². The Kier molecular flexibility index (Phi) is 8.18. The van der Waals surface area contributed by atoms with Crippen LogP contribution < -0.4 is 10.1 Å². The van der Waals surface area contributed by atoms with Gasteiger partial charge in [0.05, 0.1) is 6.61 Å². The van der Waals surface area contributed by atoms with Crippen LogP contribution in [0.4, 0.5) is 5.69 Å². The van der Waals surface area contributed by atoms with Gasteiger partial charge >= 0.3 is 5.97 Å². The third kappa shape index (κ3) is 7.18. The first-order valence-electron chi connectivity index (χ1n) is 9.99. The normalized spacial score (nSPS) is 10.4. The Bertz CT molecular complexity index is 924. The molecule has 0 fully saturated rings. The lowest BCUT2D eigenvalue weighted by Gasteiger charge is -2.08. The van der Waals surface area contributed by atoms with Gasteiger partial charge in [-0.25, -0.2) is 0 Å². The summed E-state index contributed by atoms with van der Waals surface area (Å²) in [5, 5.41) is 2.81. The average Bonchev–Trinajstić information content (AvgIpc) is 2.79. The molecule has 5 nitrogen and oxygen atoms in total. The van der Waals surface area contributed by atoms with E-state index in [0.717, 1.165) is 6.42 Å². The number of esters is 1. The quantitative estimate of drug-likeness (QED) is 0.298. The maximum Gasteiger partial charge on any atom is 0.311 e. The molecule has 0 saturated heterocycles. The second-order valence-electron chi connectivity index (χ2n) is 6.77. The summed E-state index contributed by atoms with van der Waals surface area (Å²) >= 11 is 0. The standard InChI is InChI=1S/C25H25NO4/c27-24(12-7-18-29-19-17-20-8-3-1-4-9-20)30-23-15-13-22(14-16-23)26-25(28)21-10-5-2-6-11-21/h1-6,8-11,13-16H,7,12,17-19H2,(H,26,28). The zero-order chi connectivity index (χ0) is 21.0. The van der Waals surface area contributed by atoms with Gasteiger partial charge in [0.15, 0.2) is 0 Å². The first-order valence-corrected chi connectivity index (χ1v) is 9.99. The molecule has 154 valence electrons. The minimum atomic E-state index is -0.303. The van der Waals surface area contributed by atoms with Crippen molar-refractivity contribution in [1.29, 1.82) is 0 Å². The van der Waals surface area contributed by atoms with E-state index < -0.39 is 0 Å². The molecule has 0 atom stereocenters. The van der Waals surface area contributed by atoms with E-state index in [2.05, 4.69) is 17.4 Å². The van der Waals surface area contributed by atoms with Crippen molar-refractivity contribution >= 4 is 17.6 Å². The molecule has 1 N–H and O–H groups in total. The molecule has 0 spiro atoms. The second-order valence-corrected chi connectivity index (χ2v) is 6.77. The van der Waals surface area contributed by atoms with Crippen molar-refractivity contribution in [3.8, 4) is 5.75 Å². The molecular formula is C25H25NO4. The van der Waals surface area contributed by atoms with Crippen molar-refractivity contribution in [1.82, 2.24) is 0 Å². The molecule has 0 aromatic heterocycles. The molecule has 0 aliphatic heterocycles. The summed E-state index contributed by atoms with van der Waals surface area (Å²) in [7, 11) is 0. The van der Waals surface area contributed by atoms with E-state index in [1.165, 1.54) is 5.56 Å². The van der Waals surface area contributed by atoms with Gasteiger partial charge in [-0.15, -0.1) is 0 Å². The predicted molar refractivity (Wildman–Crippen MR) is 117 cm³/mol. The zero-order valence-corrected chi connectivity index (χ0v) is 16.8. The highest BCUT2D eigenvalue weighted by molar-refractivity contribution is 6.04. The molecule has 1 amide bonds. The molecule has 0 aliphatic rings. The summed E-state index contributed by atoms with van der Waals surface area (Å²) in [6, 6.07) is 25.9. The van der Waals surface area contributed by atoms with Gasteiger partial charge in [-0.3, -0.25) is 9.59 Å². The van der Waals surface area contributed by atoms with Gasteiger partial charge in [0.1, 0.15) is 5.75 Å². The number of rotatable bonds is 10. The van der Waals surface area contributed by atoms with Crippen molar-refractivity contribution in [2.45, 2.75) is 19.3 Å². The van der Waals surface area contributed by atoms with E-state index in [-0.39, 0.29) is 18.3 Å². The second kappa shape index (κ2) is 11.5. The average molecular weight is 403 g/mol. The molecule has 3 aromatic carbocycles. The molecule has 0 unspecified atom stereocenters. The maximum absolute atomic E-state index is 12.1. The number of nitrogens with one attached hydrogen (secondary N) is 1. The highest BCUT2D eigenvalue weighted by Gasteiger charge is 2.07.